The van der Waals surface area contributed by atoms with Crippen molar-refractivity contribution in [1.82, 2.24) is 0 Å². The molecular weight excluding hydrogens is 694 g/mol. The third kappa shape index (κ3) is 4.50. The van der Waals surface area contributed by atoms with Gasteiger partial charge in [-0.1, -0.05) is 158 Å². The van der Waals surface area contributed by atoms with Crippen LogP contribution in [0.2, 0.25) is 0 Å². The smallest absolute Gasteiger partial charge is 0.123 e. The summed E-state index contributed by atoms with van der Waals surface area (Å²) in [5.41, 5.74) is 15.2. The molecule has 0 saturated carbocycles. The van der Waals surface area contributed by atoms with E-state index < -0.39 is 5.41 Å². The molecule has 0 saturated heterocycles. The maximum atomic E-state index is 13.9. The van der Waals surface area contributed by atoms with Gasteiger partial charge in [-0.2, -0.15) is 0 Å². The van der Waals surface area contributed by atoms with Crippen LogP contribution in [0, 0.1) is 5.82 Å². The maximum Gasteiger partial charge on any atom is 0.123 e. The zero-order valence-electron chi connectivity index (χ0n) is 31.0. The summed E-state index contributed by atoms with van der Waals surface area (Å²) in [6.07, 6.45) is 0. The van der Waals surface area contributed by atoms with E-state index in [9.17, 15) is 4.39 Å². The minimum atomic E-state index is -0.453. The van der Waals surface area contributed by atoms with Crippen molar-refractivity contribution in [2.24, 2.45) is 0 Å². The molecule has 12 rings (SSSR count). The average molecular weight is 728 g/mol. The van der Waals surface area contributed by atoms with Crippen LogP contribution in [0.3, 0.4) is 0 Å². The average Bonchev–Trinajstić information content (AvgIpc) is 3.74. The van der Waals surface area contributed by atoms with Gasteiger partial charge in [0.05, 0.1) is 5.41 Å². The minimum Gasteiger partial charge on any atom is -0.310 e. The van der Waals surface area contributed by atoms with E-state index in [2.05, 4.69) is 187 Å². The zero-order valence-corrected chi connectivity index (χ0v) is 31.0. The Balaban J connectivity index is 1.12. The fraction of sp³-hybridized carbons (Fsp3) is 0.0182. The summed E-state index contributed by atoms with van der Waals surface area (Å²) >= 11 is 0. The second-order valence-corrected chi connectivity index (χ2v) is 15.3. The molecule has 57 heavy (non-hydrogen) atoms. The van der Waals surface area contributed by atoms with Crippen molar-refractivity contribution in [3.05, 3.63) is 234 Å². The Morgan fingerprint density at radius 1 is 0.298 bits per heavy atom. The predicted molar refractivity (Wildman–Crippen MR) is 235 cm³/mol. The normalized spacial score (nSPS) is 13.1. The second kappa shape index (κ2) is 12.1. The number of rotatable bonds is 4. The Hall–Kier alpha value is -7.29. The first kappa shape index (κ1) is 32.0. The number of hydrogen-bond acceptors (Lipinski definition) is 1. The van der Waals surface area contributed by atoms with Crippen molar-refractivity contribution in [1.29, 1.82) is 0 Å². The molecule has 0 aliphatic heterocycles. The summed E-state index contributed by atoms with van der Waals surface area (Å²) in [6, 6.07) is 73.9. The molecule has 2 aliphatic carbocycles. The van der Waals surface area contributed by atoms with E-state index in [-0.39, 0.29) is 5.82 Å². The minimum absolute atomic E-state index is 0.234. The van der Waals surface area contributed by atoms with E-state index in [4.69, 9.17) is 0 Å². The van der Waals surface area contributed by atoms with Crippen LogP contribution in [-0.2, 0) is 5.41 Å². The number of benzene rings is 10. The third-order valence-electron chi connectivity index (χ3n) is 12.5. The van der Waals surface area contributed by atoms with Crippen molar-refractivity contribution in [2.75, 3.05) is 4.90 Å². The summed E-state index contributed by atoms with van der Waals surface area (Å²) in [5, 5.41) is 7.47. The number of fused-ring (bicyclic) bond motifs is 16. The maximum absolute atomic E-state index is 13.9. The van der Waals surface area contributed by atoms with Crippen LogP contribution in [0.5, 0.6) is 0 Å². The molecular formula is C55H34FN. The van der Waals surface area contributed by atoms with E-state index in [1.54, 1.807) is 0 Å². The molecule has 10 aromatic carbocycles. The van der Waals surface area contributed by atoms with Crippen LogP contribution in [0.25, 0.3) is 65.7 Å². The molecule has 10 aromatic rings. The molecule has 0 unspecified atom stereocenters. The van der Waals surface area contributed by atoms with Gasteiger partial charge in [-0.15, -0.1) is 0 Å². The molecule has 0 aromatic heterocycles. The van der Waals surface area contributed by atoms with Crippen LogP contribution < -0.4 is 4.90 Å². The standard InChI is InChI=1S/C55H34FN/c56-37-25-21-35(22-26-37)36-23-27-38(28-24-36)57(39-29-31-45-43-13-2-1-11-41(43)42-12-3-4-14-44(42)50(45)33-39)40-30-32-49-48-17-7-10-20-53(48)55(54(49)34-40)51-18-8-5-15-46(51)47-16-6-9-19-52(47)55/h1-34H. The van der Waals surface area contributed by atoms with Crippen molar-refractivity contribution in [3.8, 4) is 33.4 Å². The molecule has 266 valence electrons. The number of halogens is 1. The summed E-state index contributed by atoms with van der Waals surface area (Å²) in [5.74, 6) is -0.234. The lowest BCUT2D eigenvalue weighted by Gasteiger charge is -2.32. The molecule has 0 atom stereocenters. The van der Waals surface area contributed by atoms with Gasteiger partial charge in [0.25, 0.3) is 0 Å². The first-order valence-electron chi connectivity index (χ1n) is 19.6. The summed E-state index contributed by atoms with van der Waals surface area (Å²) in [7, 11) is 0. The molecule has 1 nitrogen and oxygen atoms in total. The Labute approximate surface area is 330 Å². The van der Waals surface area contributed by atoms with Crippen molar-refractivity contribution < 1.29 is 4.39 Å². The SMILES string of the molecule is Fc1ccc(-c2ccc(N(c3ccc4c(c3)C3(c5ccccc5-c5ccccc53)c3ccccc3-4)c3ccc4c5ccccc5c5ccccc5c4c3)cc2)cc1. The highest BCUT2D eigenvalue weighted by Crippen LogP contribution is 2.63. The fourth-order valence-corrected chi connectivity index (χ4v) is 10.1. The zero-order chi connectivity index (χ0) is 37.7. The van der Waals surface area contributed by atoms with Gasteiger partial charge in [0, 0.05) is 17.1 Å². The number of nitrogens with zero attached hydrogens (tertiary/aromatic N) is 1. The Morgan fingerprint density at radius 2 is 0.684 bits per heavy atom. The third-order valence-corrected chi connectivity index (χ3v) is 12.5. The lowest BCUT2D eigenvalue weighted by Crippen LogP contribution is -2.26. The van der Waals surface area contributed by atoms with Crippen LogP contribution in [0.15, 0.2) is 206 Å². The van der Waals surface area contributed by atoms with Gasteiger partial charge in [-0.05, 0) is 136 Å². The van der Waals surface area contributed by atoms with Gasteiger partial charge < -0.3 is 4.90 Å². The molecule has 0 fully saturated rings. The molecule has 2 aliphatic rings. The Bertz CT molecular complexity index is 3150. The molecule has 0 heterocycles. The van der Waals surface area contributed by atoms with Crippen LogP contribution in [0.4, 0.5) is 21.5 Å². The van der Waals surface area contributed by atoms with Gasteiger partial charge in [-0.3, -0.25) is 0 Å². The summed E-state index contributed by atoms with van der Waals surface area (Å²) < 4.78 is 13.9. The van der Waals surface area contributed by atoms with Crippen molar-refractivity contribution >= 4 is 49.4 Å². The van der Waals surface area contributed by atoms with Gasteiger partial charge in [0.2, 0.25) is 0 Å². The van der Waals surface area contributed by atoms with Gasteiger partial charge in [-0.25, -0.2) is 4.39 Å². The highest BCUT2D eigenvalue weighted by Gasteiger charge is 2.51. The summed E-state index contributed by atoms with van der Waals surface area (Å²) in [4.78, 5) is 2.40. The van der Waals surface area contributed by atoms with Gasteiger partial charge >= 0.3 is 0 Å². The predicted octanol–water partition coefficient (Wildman–Crippen LogP) is 14.8. The molecule has 0 bridgehead atoms. The van der Waals surface area contributed by atoms with Gasteiger partial charge in [0.1, 0.15) is 5.82 Å². The lowest BCUT2D eigenvalue weighted by atomic mass is 9.70. The molecule has 0 radical (unpaired) electrons. The fourth-order valence-electron chi connectivity index (χ4n) is 10.1. The number of anilines is 3. The summed E-state index contributed by atoms with van der Waals surface area (Å²) in [6.45, 7) is 0. The van der Waals surface area contributed by atoms with E-state index in [0.29, 0.717) is 0 Å². The highest BCUT2D eigenvalue weighted by atomic mass is 19.1. The number of hydrogen-bond donors (Lipinski definition) is 0. The Morgan fingerprint density at radius 3 is 1.23 bits per heavy atom. The molecule has 0 N–H and O–H groups in total. The van der Waals surface area contributed by atoms with Gasteiger partial charge in [0.15, 0.2) is 0 Å². The van der Waals surface area contributed by atoms with Crippen molar-refractivity contribution in [2.45, 2.75) is 5.41 Å². The largest absolute Gasteiger partial charge is 0.310 e. The van der Waals surface area contributed by atoms with E-state index in [0.717, 1.165) is 28.2 Å². The van der Waals surface area contributed by atoms with E-state index in [1.807, 2.05) is 12.1 Å². The second-order valence-electron chi connectivity index (χ2n) is 15.3. The molecule has 0 amide bonds. The Kier molecular flexibility index (Phi) is 6.80. The quantitative estimate of drug-likeness (QED) is 0.163. The van der Waals surface area contributed by atoms with Crippen LogP contribution >= 0.6 is 0 Å². The molecule has 2 heteroatoms. The molecule has 1 spiro atoms. The first-order valence-corrected chi connectivity index (χ1v) is 19.6. The monoisotopic (exact) mass is 727 g/mol. The van der Waals surface area contributed by atoms with E-state index in [1.165, 1.54) is 89.0 Å². The first-order chi connectivity index (χ1) is 28.2. The van der Waals surface area contributed by atoms with Crippen molar-refractivity contribution in [3.63, 3.8) is 0 Å². The van der Waals surface area contributed by atoms with E-state index >= 15 is 0 Å². The highest BCUT2D eigenvalue weighted by molar-refractivity contribution is 6.25. The van der Waals surface area contributed by atoms with Crippen LogP contribution in [0.1, 0.15) is 22.3 Å². The lowest BCUT2D eigenvalue weighted by molar-refractivity contribution is 0.628. The topological polar surface area (TPSA) is 3.24 Å². The van der Waals surface area contributed by atoms with Crippen LogP contribution in [-0.4, -0.2) is 0 Å².